The lowest BCUT2D eigenvalue weighted by Gasteiger charge is -2.49. The summed E-state index contributed by atoms with van der Waals surface area (Å²) in [6.45, 7) is 12.5. The van der Waals surface area contributed by atoms with Crippen LogP contribution >= 0.6 is 0 Å². The van der Waals surface area contributed by atoms with Gasteiger partial charge in [-0.3, -0.25) is 9.13 Å². The Kier molecular flexibility index (Phi) is 5.12. The summed E-state index contributed by atoms with van der Waals surface area (Å²) in [5, 5.41) is 0. The van der Waals surface area contributed by atoms with Crippen molar-refractivity contribution in [2.45, 2.75) is 33.5 Å². The van der Waals surface area contributed by atoms with Crippen molar-refractivity contribution in [3.63, 3.8) is 0 Å². The smallest absolute Gasteiger partial charge is 0.406 e. The summed E-state index contributed by atoms with van der Waals surface area (Å²) >= 11 is 0. The monoisotopic (exact) mass is 294 g/mol. The first-order valence-electron chi connectivity index (χ1n) is 6.25. The molecule has 0 saturated carbocycles. The van der Waals surface area contributed by atoms with Gasteiger partial charge in [0.15, 0.2) is 0 Å². The lowest BCUT2D eigenvalue weighted by molar-refractivity contribution is 0.160. The minimum absolute atomic E-state index is 0.949. The van der Waals surface area contributed by atoms with Gasteiger partial charge in [0.1, 0.15) is 0 Å². The van der Waals surface area contributed by atoms with E-state index in [1.54, 1.807) is 0 Å². The summed E-state index contributed by atoms with van der Waals surface area (Å²) in [7, 11) is -1.86. The molecule has 0 aromatic carbocycles. The Morgan fingerprint density at radius 3 is 1.59 bits per heavy atom. The molecule has 1 heterocycles. The Hall–Kier alpha value is 0.451. The molecule has 0 spiro atoms. The topological polar surface area (TPSA) is 34.2 Å². The van der Waals surface area contributed by atoms with Crippen molar-refractivity contribution in [3.05, 3.63) is 0 Å². The second kappa shape index (κ2) is 5.61. The molecule has 8 heteroatoms. The first-order valence-corrected chi connectivity index (χ1v) is 12.9. The zero-order valence-electron chi connectivity index (χ0n) is 12.1. The van der Waals surface area contributed by atoms with Crippen molar-refractivity contribution in [3.8, 4) is 0 Å². The van der Waals surface area contributed by atoms with Crippen LogP contribution < -0.4 is 0 Å². The Bertz CT molecular complexity index is 250. The van der Waals surface area contributed by atoms with Crippen LogP contribution in [0.3, 0.4) is 0 Å². The number of nitrogens with zero attached hydrogens (tertiary/aromatic N) is 2. The van der Waals surface area contributed by atoms with E-state index < -0.39 is 26.7 Å². The number of rotatable bonds is 4. The summed E-state index contributed by atoms with van der Waals surface area (Å²) in [5.74, 6) is 0. The second-order valence-electron chi connectivity index (χ2n) is 4.73. The Morgan fingerprint density at radius 2 is 1.29 bits per heavy atom. The van der Waals surface area contributed by atoms with E-state index in [1.165, 1.54) is 0 Å². The fraction of sp³-hybridized carbons (Fsp3) is 1.00. The zero-order valence-corrected chi connectivity index (χ0v) is 15.3. The first kappa shape index (κ1) is 15.5. The van der Waals surface area contributed by atoms with Crippen LogP contribution in [-0.2, 0) is 12.3 Å². The van der Waals surface area contributed by atoms with Crippen LogP contribution in [0.25, 0.3) is 0 Å². The van der Waals surface area contributed by atoms with E-state index in [0.29, 0.717) is 0 Å². The SMILES string of the molecule is CCN(C)[Si]1(C)O[SiH](C)O[Si](C)(N(C)CC)O1. The molecule has 2 atom stereocenters. The number of hydrogen-bond acceptors (Lipinski definition) is 5. The van der Waals surface area contributed by atoms with Crippen LogP contribution in [0.1, 0.15) is 13.8 Å². The lowest BCUT2D eigenvalue weighted by atomic mass is 10.8. The molecule has 1 fully saturated rings. The summed E-state index contributed by atoms with van der Waals surface area (Å²) < 4.78 is 23.0. The van der Waals surface area contributed by atoms with Gasteiger partial charge in [-0.15, -0.1) is 0 Å². The van der Waals surface area contributed by atoms with E-state index in [1.807, 2.05) is 0 Å². The minimum atomic E-state index is -2.23. The summed E-state index contributed by atoms with van der Waals surface area (Å²) in [6.07, 6.45) is 0. The van der Waals surface area contributed by atoms with Crippen molar-refractivity contribution in [1.29, 1.82) is 0 Å². The first-order chi connectivity index (χ1) is 7.77. The number of hydrogen-bond donors (Lipinski definition) is 0. The molecule has 17 heavy (non-hydrogen) atoms. The molecule has 0 aromatic rings. The Morgan fingerprint density at radius 1 is 0.941 bits per heavy atom. The van der Waals surface area contributed by atoms with E-state index in [9.17, 15) is 0 Å². The lowest BCUT2D eigenvalue weighted by Crippen LogP contribution is -2.72. The van der Waals surface area contributed by atoms with Crippen LogP contribution in [-0.4, -0.2) is 63.0 Å². The summed E-state index contributed by atoms with van der Waals surface area (Å²) in [6, 6.07) is 0. The van der Waals surface area contributed by atoms with Crippen molar-refractivity contribution < 1.29 is 12.3 Å². The Labute approximate surface area is 109 Å². The highest BCUT2D eigenvalue weighted by Gasteiger charge is 2.54. The van der Waals surface area contributed by atoms with Gasteiger partial charge in [-0.05, 0) is 46.8 Å². The van der Waals surface area contributed by atoms with Gasteiger partial charge < -0.3 is 12.3 Å². The van der Waals surface area contributed by atoms with Crippen LogP contribution in [0, 0.1) is 0 Å². The zero-order chi connectivity index (χ0) is 13.3. The standard InChI is InChI=1S/C9H26N2O3Si3/c1-8-10(3)16(6)12-15(5)13-17(7,14-16)11(4)9-2/h15H,8-9H2,1-7H3. The van der Waals surface area contributed by atoms with Gasteiger partial charge in [0.05, 0.1) is 0 Å². The molecule has 0 radical (unpaired) electrons. The van der Waals surface area contributed by atoms with E-state index in [0.717, 1.165) is 13.1 Å². The van der Waals surface area contributed by atoms with E-state index in [4.69, 9.17) is 12.3 Å². The highest BCUT2D eigenvalue weighted by Crippen LogP contribution is 2.28. The van der Waals surface area contributed by atoms with Gasteiger partial charge in [0, 0.05) is 0 Å². The van der Waals surface area contributed by atoms with Crippen molar-refractivity contribution in [1.82, 2.24) is 9.13 Å². The average Bonchev–Trinajstić information content (AvgIpc) is 2.24. The quantitative estimate of drug-likeness (QED) is 0.721. The molecule has 1 aliphatic rings. The fourth-order valence-electron chi connectivity index (χ4n) is 1.95. The van der Waals surface area contributed by atoms with E-state index in [2.05, 4.69) is 56.7 Å². The normalized spacial score (nSPS) is 39.0. The largest absolute Gasteiger partial charge is 0.407 e. The van der Waals surface area contributed by atoms with Crippen LogP contribution in [0.4, 0.5) is 0 Å². The molecule has 102 valence electrons. The maximum atomic E-state index is 6.36. The van der Waals surface area contributed by atoms with Gasteiger partial charge in [-0.25, -0.2) is 0 Å². The Balaban J connectivity index is 2.91. The van der Waals surface area contributed by atoms with Crippen LogP contribution in [0.2, 0.25) is 19.6 Å². The highest BCUT2D eigenvalue weighted by atomic mass is 28.5. The summed E-state index contributed by atoms with van der Waals surface area (Å²) in [5.41, 5.74) is 0. The summed E-state index contributed by atoms with van der Waals surface area (Å²) in [4.78, 5) is 0. The molecule has 5 nitrogen and oxygen atoms in total. The van der Waals surface area contributed by atoms with E-state index in [-0.39, 0.29) is 0 Å². The predicted molar refractivity (Wildman–Crippen MR) is 76.1 cm³/mol. The molecular weight excluding hydrogens is 268 g/mol. The molecule has 0 amide bonds. The van der Waals surface area contributed by atoms with Gasteiger partial charge in [0.2, 0.25) is 0 Å². The molecular formula is C9H26N2O3Si3. The highest BCUT2D eigenvalue weighted by molar-refractivity contribution is 6.86. The molecule has 2 unspecified atom stereocenters. The molecule has 1 saturated heterocycles. The van der Waals surface area contributed by atoms with Gasteiger partial charge in [-0.1, -0.05) is 13.8 Å². The van der Waals surface area contributed by atoms with Gasteiger partial charge in [-0.2, -0.15) is 0 Å². The van der Waals surface area contributed by atoms with Gasteiger partial charge >= 0.3 is 26.7 Å². The minimum Gasteiger partial charge on any atom is -0.406 e. The molecule has 0 aromatic heterocycles. The second-order valence-corrected chi connectivity index (χ2v) is 13.7. The van der Waals surface area contributed by atoms with Crippen molar-refractivity contribution in [2.24, 2.45) is 0 Å². The van der Waals surface area contributed by atoms with Crippen molar-refractivity contribution >= 4 is 26.7 Å². The van der Waals surface area contributed by atoms with E-state index >= 15 is 0 Å². The average molecular weight is 295 g/mol. The third kappa shape index (κ3) is 3.26. The van der Waals surface area contributed by atoms with Crippen LogP contribution in [0.15, 0.2) is 0 Å². The maximum absolute atomic E-state index is 6.36. The van der Waals surface area contributed by atoms with Crippen molar-refractivity contribution in [2.75, 3.05) is 27.2 Å². The fourth-order valence-corrected chi connectivity index (χ4v) is 15.4. The predicted octanol–water partition coefficient (Wildman–Crippen LogP) is 0.941. The molecule has 0 N–H and O–H groups in total. The third-order valence-corrected chi connectivity index (χ3v) is 16.1. The molecule has 0 aliphatic carbocycles. The van der Waals surface area contributed by atoms with Gasteiger partial charge in [0.25, 0.3) is 0 Å². The molecule has 0 bridgehead atoms. The van der Waals surface area contributed by atoms with Crippen LogP contribution in [0.5, 0.6) is 0 Å². The third-order valence-electron chi connectivity index (χ3n) is 3.48. The molecule has 1 aliphatic heterocycles. The maximum Gasteiger partial charge on any atom is 0.407 e. The molecule has 1 rings (SSSR count).